The maximum Gasteiger partial charge on any atom is 0.311 e. The molecule has 1 aliphatic heterocycles. The number of carbonyl (C=O) groups excluding carboxylic acids is 2. The summed E-state index contributed by atoms with van der Waals surface area (Å²) in [4.78, 5) is 22.3. The highest BCUT2D eigenvalue weighted by atomic mass is 16.5. The van der Waals surface area contributed by atoms with Gasteiger partial charge in [-0.3, -0.25) is 9.59 Å². The van der Waals surface area contributed by atoms with Gasteiger partial charge in [-0.2, -0.15) is 0 Å². The van der Waals surface area contributed by atoms with Crippen LogP contribution in [0.3, 0.4) is 0 Å². The second-order valence-electron chi connectivity index (χ2n) is 3.25. The SMILES string of the molecule is CCOC(=O)C1CCC(=O)NC1C. The molecule has 2 atom stereocenters. The molecule has 2 unspecified atom stereocenters. The van der Waals surface area contributed by atoms with Gasteiger partial charge >= 0.3 is 5.97 Å². The monoisotopic (exact) mass is 185 g/mol. The number of hydrogen-bond acceptors (Lipinski definition) is 3. The van der Waals surface area contributed by atoms with Crippen molar-refractivity contribution < 1.29 is 14.3 Å². The van der Waals surface area contributed by atoms with E-state index in [4.69, 9.17) is 4.74 Å². The van der Waals surface area contributed by atoms with Crippen molar-refractivity contribution in [3.05, 3.63) is 0 Å². The van der Waals surface area contributed by atoms with E-state index in [-0.39, 0.29) is 23.8 Å². The van der Waals surface area contributed by atoms with Gasteiger partial charge in [-0.05, 0) is 20.3 Å². The second-order valence-corrected chi connectivity index (χ2v) is 3.25. The molecule has 1 aliphatic rings. The second kappa shape index (κ2) is 4.25. The Labute approximate surface area is 77.6 Å². The predicted octanol–water partition coefficient (Wildman–Crippen LogP) is 0.464. The topological polar surface area (TPSA) is 55.4 Å². The van der Waals surface area contributed by atoms with E-state index in [9.17, 15) is 9.59 Å². The van der Waals surface area contributed by atoms with Gasteiger partial charge in [-0.15, -0.1) is 0 Å². The number of rotatable bonds is 2. The molecule has 0 bridgehead atoms. The quantitative estimate of drug-likeness (QED) is 0.636. The van der Waals surface area contributed by atoms with Crippen LogP contribution in [-0.4, -0.2) is 24.5 Å². The Morgan fingerprint density at radius 1 is 1.69 bits per heavy atom. The molecule has 74 valence electrons. The fraction of sp³-hybridized carbons (Fsp3) is 0.778. The summed E-state index contributed by atoms with van der Waals surface area (Å²) in [5.74, 6) is -0.347. The molecule has 1 saturated heterocycles. The Morgan fingerprint density at radius 3 is 2.92 bits per heavy atom. The van der Waals surface area contributed by atoms with Crippen molar-refractivity contribution in [2.45, 2.75) is 32.7 Å². The summed E-state index contributed by atoms with van der Waals surface area (Å²) in [7, 11) is 0. The third-order valence-corrected chi connectivity index (χ3v) is 2.26. The smallest absolute Gasteiger partial charge is 0.311 e. The Kier molecular flexibility index (Phi) is 3.28. The molecule has 4 heteroatoms. The average Bonchev–Trinajstić information content (AvgIpc) is 2.04. The van der Waals surface area contributed by atoms with Gasteiger partial charge in [0.15, 0.2) is 0 Å². The maximum atomic E-state index is 11.3. The molecule has 4 nitrogen and oxygen atoms in total. The van der Waals surface area contributed by atoms with Crippen molar-refractivity contribution in [1.29, 1.82) is 0 Å². The van der Waals surface area contributed by atoms with Crippen LogP contribution >= 0.6 is 0 Å². The van der Waals surface area contributed by atoms with Crippen LogP contribution in [0.5, 0.6) is 0 Å². The van der Waals surface area contributed by atoms with Crippen LogP contribution < -0.4 is 5.32 Å². The minimum absolute atomic E-state index is 0.0213. The number of piperidine rings is 1. The van der Waals surface area contributed by atoms with E-state index in [1.165, 1.54) is 0 Å². The van der Waals surface area contributed by atoms with Crippen molar-refractivity contribution in [3.63, 3.8) is 0 Å². The molecule has 1 amide bonds. The van der Waals surface area contributed by atoms with Crippen molar-refractivity contribution in [1.82, 2.24) is 5.32 Å². The van der Waals surface area contributed by atoms with Gasteiger partial charge in [0, 0.05) is 12.5 Å². The molecule has 0 spiro atoms. The molecule has 13 heavy (non-hydrogen) atoms. The van der Waals surface area contributed by atoms with Gasteiger partial charge in [0.25, 0.3) is 0 Å². The van der Waals surface area contributed by atoms with Crippen LogP contribution in [0.4, 0.5) is 0 Å². The van der Waals surface area contributed by atoms with Gasteiger partial charge in [-0.25, -0.2) is 0 Å². The molecule has 1 fully saturated rings. The van der Waals surface area contributed by atoms with Crippen molar-refractivity contribution in [2.24, 2.45) is 5.92 Å². The first-order chi connectivity index (χ1) is 6.15. The molecular weight excluding hydrogens is 170 g/mol. The van der Waals surface area contributed by atoms with E-state index in [0.29, 0.717) is 19.4 Å². The number of hydrogen-bond donors (Lipinski definition) is 1. The first-order valence-corrected chi connectivity index (χ1v) is 4.61. The number of ether oxygens (including phenoxy) is 1. The zero-order valence-corrected chi connectivity index (χ0v) is 8.00. The van der Waals surface area contributed by atoms with Crippen LogP contribution in [0.15, 0.2) is 0 Å². The first-order valence-electron chi connectivity index (χ1n) is 4.61. The summed E-state index contributed by atoms with van der Waals surface area (Å²) in [6, 6.07) is -0.0969. The van der Waals surface area contributed by atoms with E-state index in [1.807, 2.05) is 6.92 Å². The van der Waals surface area contributed by atoms with Gasteiger partial charge in [0.2, 0.25) is 5.91 Å². The highest BCUT2D eigenvalue weighted by Gasteiger charge is 2.31. The number of esters is 1. The van der Waals surface area contributed by atoms with Gasteiger partial charge in [0.05, 0.1) is 12.5 Å². The molecule has 0 radical (unpaired) electrons. The van der Waals surface area contributed by atoms with Gasteiger partial charge in [0.1, 0.15) is 0 Å². The lowest BCUT2D eigenvalue weighted by Gasteiger charge is -2.27. The molecule has 1 N–H and O–H groups in total. The number of nitrogens with one attached hydrogen (secondary N) is 1. The van der Waals surface area contributed by atoms with E-state index < -0.39 is 0 Å². The minimum atomic E-state index is -0.199. The molecule has 0 aromatic rings. The fourth-order valence-corrected chi connectivity index (χ4v) is 1.53. The summed E-state index contributed by atoms with van der Waals surface area (Å²) in [6.45, 7) is 4.01. The number of amides is 1. The van der Waals surface area contributed by atoms with Gasteiger partial charge < -0.3 is 10.1 Å². The standard InChI is InChI=1S/C9H15NO3/c1-3-13-9(12)7-4-5-8(11)10-6(7)2/h6-7H,3-5H2,1-2H3,(H,10,11). The first kappa shape index (κ1) is 10.0. The van der Waals surface area contributed by atoms with Crippen molar-refractivity contribution >= 4 is 11.9 Å². The van der Waals surface area contributed by atoms with E-state index >= 15 is 0 Å². The molecule has 0 aliphatic carbocycles. The summed E-state index contributed by atoms with van der Waals surface area (Å²) >= 11 is 0. The largest absolute Gasteiger partial charge is 0.466 e. The predicted molar refractivity (Wildman–Crippen MR) is 47.0 cm³/mol. The third-order valence-electron chi connectivity index (χ3n) is 2.26. The molecule has 0 saturated carbocycles. The van der Waals surface area contributed by atoms with E-state index in [2.05, 4.69) is 5.32 Å². The highest BCUT2D eigenvalue weighted by Crippen LogP contribution is 2.18. The summed E-state index contributed by atoms with van der Waals surface area (Å²) in [6.07, 6.45) is 1.03. The highest BCUT2D eigenvalue weighted by molar-refractivity contribution is 5.81. The normalized spacial score (nSPS) is 28.0. The van der Waals surface area contributed by atoms with Crippen LogP contribution in [-0.2, 0) is 14.3 Å². The summed E-state index contributed by atoms with van der Waals surface area (Å²) < 4.78 is 4.90. The third kappa shape index (κ3) is 2.44. The van der Waals surface area contributed by atoms with E-state index in [1.54, 1.807) is 6.92 Å². The molecule has 0 aromatic carbocycles. The van der Waals surface area contributed by atoms with Crippen LogP contribution in [0, 0.1) is 5.92 Å². The lowest BCUT2D eigenvalue weighted by atomic mass is 9.92. The zero-order valence-electron chi connectivity index (χ0n) is 8.00. The Bertz CT molecular complexity index is 215. The maximum absolute atomic E-state index is 11.3. The summed E-state index contributed by atoms with van der Waals surface area (Å²) in [5, 5.41) is 2.73. The van der Waals surface area contributed by atoms with Crippen molar-refractivity contribution in [2.75, 3.05) is 6.61 Å². The van der Waals surface area contributed by atoms with Crippen LogP contribution in [0.2, 0.25) is 0 Å². The molecule has 1 heterocycles. The molecular formula is C9H15NO3. The lowest BCUT2D eigenvalue weighted by molar-refractivity contribution is -0.150. The average molecular weight is 185 g/mol. The lowest BCUT2D eigenvalue weighted by Crippen LogP contribution is -2.46. The molecule has 1 rings (SSSR count). The Morgan fingerprint density at radius 2 is 2.38 bits per heavy atom. The van der Waals surface area contributed by atoms with E-state index in [0.717, 1.165) is 0 Å². The van der Waals surface area contributed by atoms with Crippen molar-refractivity contribution in [3.8, 4) is 0 Å². The Hall–Kier alpha value is -1.06. The zero-order chi connectivity index (χ0) is 9.84. The Balaban J connectivity index is 2.50. The minimum Gasteiger partial charge on any atom is -0.466 e. The number of carbonyl (C=O) groups is 2. The van der Waals surface area contributed by atoms with Crippen LogP contribution in [0.1, 0.15) is 26.7 Å². The van der Waals surface area contributed by atoms with Crippen LogP contribution in [0.25, 0.3) is 0 Å². The van der Waals surface area contributed by atoms with Gasteiger partial charge in [-0.1, -0.05) is 0 Å². The fourth-order valence-electron chi connectivity index (χ4n) is 1.53. The molecule has 0 aromatic heterocycles. The summed E-state index contributed by atoms with van der Waals surface area (Å²) in [5.41, 5.74) is 0.